The van der Waals surface area contributed by atoms with Crippen molar-refractivity contribution < 1.29 is 4.39 Å². The van der Waals surface area contributed by atoms with Crippen LogP contribution in [-0.4, -0.2) is 0 Å². The summed E-state index contributed by atoms with van der Waals surface area (Å²) in [6, 6.07) is 14.4. The van der Waals surface area contributed by atoms with Gasteiger partial charge in [-0.15, -0.1) is 0 Å². The van der Waals surface area contributed by atoms with E-state index in [9.17, 15) is 4.39 Å². The lowest BCUT2D eigenvalue weighted by Gasteiger charge is -2.05. The monoisotopic (exact) mass is 215 g/mol. The average Bonchev–Trinajstić information content (AvgIpc) is 2.30. The first-order chi connectivity index (χ1) is 7.75. The number of benzene rings is 2. The highest BCUT2D eigenvalue weighted by Gasteiger charge is 1.99. The maximum absolute atomic E-state index is 12.7. The molecule has 0 bridgehead atoms. The van der Waals surface area contributed by atoms with Gasteiger partial charge in [-0.3, -0.25) is 0 Å². The summed E-state index contributed by atoms with van der Waals surface area (Å²) in [7, 11) is 0. The van der Waals surface area contributed by atoms with E-state index < -0.39 is 0 Å². The van der Waals surface area contributed by atoms with Crippen LogP contribution in [0, 0.1) is 5.82 Å². The van der Waals surface area contributed by atoms with E-state index in [4.69, 9.17) is 5.73 Å². The number of hydrogen-bond acceptors (Lipinski definition) is 1. The minimum Gasteiger partial charge on any atom is -0.399 e. The molecule has 2 aromatic rings. The Balaban J connectivity index is 2.02. The Hall–Kier alpha value is -1.83. The zero-order valence-corrected chi connectivity index (χ0v) is 8.99. The summed E-state index contributed by atoms with van der Waals surface area (Å²) in [6.07, 6.45) is 1.77. The molecular formula is C14H14FN. The molecule has 0 saturated heterocycles. The Bertz CT molecular complexity index is 462. The molecule has 2 heteroatoms. The van der Waals surface area contributed by atoms with Crippen LogP contribution in [0.2, 0.25) is 0 Å². The van der Waals surface area contributed by atoms with Crippen LogP contribution < -0.4 is 5.73 Å². The van der Waals surface area contributed by atoms with Gasteiger partial charge >= 0.3 is 0 Å². The van der Waals surface area contributed by atoms with Crippen LogP contribution in [0.1, 0.15) is 11.1 Å². The Morgan fingerprint density at radius 1 is 0.875 bits per heavy atom. The van der Waals surface area contributed by atoms with E-state index >= 15 is 0 Å². The van der Waals surface area contributed by atoms with Crippen LogP contribution in [-0.2, 0) is 12.8 Å². The van der Waals surface area contributed by atoms with E-state index in [1.165, 1.54) is 12.1 Å². The molecule has 82 valence electrons. The molecule has 2 aromatic carbocycles. The van der Waals surface area contributed by atoms with Crippen molar-refractivity contribution in [1.82, 2.24) is 0 Å². The minimum atomic E-state index is -0.192. The number of rotatable bonds is 3. The molecule has 2 rings (SSSR count). The number of hydrogen-bond donors (Lipinski definition) is 1. The van der Waals surface area contributed by atoms with E-state index in [0.717, 1.165) is 29.7 Å². The second kappa shape index (κ2) is 4.79. The smallest absolute Gasteiger partial charge is 0.123 e. The third kappa shape index (κ3) is 2.60. The van der Waals surface area contributed by atoms with Gasteiger partial charge in [0.1, 0.15) is 5.82 Å². The van der Waals surface area contributed by atoms with Crippen LogP contribution in [0.5, 0.6) is 0 Å². The summed E-state index contributed by atoms with van der Waals surface area (Å²) in [6.45, 7) is 0. The molecule has 1 nitrogen and oxygen atoms in total. The van der Waals surface area contributed by atoms with Crippen molar-refractivity contribution in [3.63, 3.8) is 0 Å². The van der Waals surface area contributed by atoms with Gasteiger partial charge in [0.05, 0.1) is 0 Å². The number of anilines is 1. The molecule has 0 saturated carbocycles. The van der Waals surface area contributed by atoms with Crippen molar-refractivity contribution >= 4 is 5.69 Å². The topological polar surface area (TPSA) is 26.0 Å². The number of aryl methyl sites for hydroxylation is 2. The first-order valence-electron chi connectivity index (χ1n) is 5.33. The molecule has 0 heterocycles. The molecule has 0 fully saturated rings. The van der Waals surface area contributed by atoms with Crippen LogP contribution in [0.15, 0.2) is 48.5 Å². The summed E-state index contributed by atoms with van der Waals surface area (Å²) in [5.41, 5.74) is 8.95. The Labute approximate surface area is 94.7 Å². The van der Waals surface area contributed by atoms with Gasteiger partial charge in [-0.05, 0) is 42.2 Å². The maximum Gasteiger partial charge on any atom is 0.123 e. The van der Waals surface area contributed by atoms with Gasteiger partial charge in [0.25, 0.3) is 0 Å². The first kappa shape index (κ1) is 10.7. The van der Waals surface area contributed by atoms with Gasteiger partial charge in [-0.1, -0.05) is 30.3 Å². The summed E-state index contributed by atoms with van der Waals surface area (Å²) in [5, 5.41) is 0. The summed E-state index contributed by atoms with van der Waals surface area (Å²) in [5.74, 6) is -0.192. The fraction of sp³-hybridized carbons (Fsp3) is 0.143. The lowest BCUT2D eigenvalue weighted by Crippen LogP contribution is -1.96. The number of nitrogens with two attached hydrogens (primary N) is 1. The van der Waals surface area contributed by atoms with Crippen molar-refractivity contribution in [3.8, 4) is 0 Å². The average molecular weight is 215 g/mol. The fourth-order valence-electron chi connectivity index (χ4n) is 1.69. The molecule has 0 atom stereocenters. The molecular weight excluding hydrogens is 201 g/mol. The van der Waals surface area contributed by atoms with Crippen LogP contribution in [0.4, 0.5) is 10.1 Å². The van der Waals surface area contributed by atoms with Gasteiger partial charge in [0.15, 0.2) is 0 Å². The predicted octanol–water partition coefficient (Wildman–Crippen LogP) is 3.19. The van der Waals surface area contributed by atoms with E-state index in [-0.39, 0.29) is 5.82 Å². The van der Waals surface area contributed by atoms with Gasteiger partial charge in [0, 0.05) is 5.69 Å². The Kier molecular flexibility index (Phi) is 3.20. The second-order valence-electron chi connectivity index (χ2n) is 3.83. The normalized spacial score (nSPS) is 10.3. The lowest BCUT2D eigenvalue weighted by atomic mass is 10.0. The molecule has 0 aliphatic rings. The Morgan fingerprint density at radius 2 is 1.56 bits per heavy atom. The Morgan fingerprint density at radius 3 is 2.25 bits per heavy atom. The molecule has 0 aromatic heterocycles. The van der Waals surface area contributed by atoms with Crippen molar-refractivity contribution in [1.29, 1.82) is 0 Å². The van der Waals surface area contributed by atoms with Crippen molar-refractivity contribution in [3.05, 3.63) is 65.5 Å². The van der Waals surface area contributed by atoms with Crippen LogP contribution in [0.25, 0.3) is 0 Å². The molecule has 2 N–H and O–H groups in total. The van der Waals surface area contributed by atoms with E-state index in [2.05, 4.69) is 0 Å². The van der Waals surface area contributed by atoms with Crippen molar-refractivity contribution in [2.45, 2.75) is 12.8 Å². The van der Waals surface area contributed by atoms with Gasteiger partial charge < -0.3 is 5.73 Å². The highest BCUT2D eigenvalue weighted by Crippen LogP contribution is 2.14. The first-order valence-corrected chi connectivity index (χ1v) is 5.33. The molecule has 0 aliphatic heterocycles. The summed E-state index contributed by atoms with van der Waals surface area (Å²) in [4.78, 5) is 0. The highest BCUT2D eigenvalue weighted by molar-refractivity contribution is 5.46. The molecule has 0 amide bonds. The SMILES string of the molecule is Nc1ccccc1CCc1ccc(F)cc1. The van der Waals surface area contributed by atoms with Gasteiger partial charge in [-0.2, -0.15) is 0 Å². The van der Waals surface area contributed by atoms with E-state index in [1.54, 1.807) is 0 Å². The molecule has 16 heavy (non-hydrogen) atoms. The van der Waals surface area contributed by atoms with Crippen LogP contribution >= 0.6 is 0 Å². The molecule has 0 radical (unpaired) electrons. The van der Waals surface area contributed by atoms with E-state index in [1.807, 2.05) is 36.4 Å². The van der Waals surface area contributed by atoms with E-state index in [0.29, 0.717) is 0 Å². The van der Waals surface area contributed by atoms with Crippen molar-refractivity contribution in [2.24, 2.45) is 0 Å². The molecule has 0 spiro atoms. The summed E-state index contributed by atoms with van der Waals surface area (Å²) >= 11 is 0. The second-order valence-corrected chi connectivity index (χ2v) is 3.83. The van der Waals surface area contributed by atoms with Gasteiger partial charge in [-0.25, -0.2) is 4.39 Å². The number of para-hydroxylation sites is 1. The van der Waals surface area contributed by atoms with Crippen molar-refractivity contribution in [2.75, 3.05) is 5.73 Å². The summed E-state index contributed by atoms with van der Waals surface area (Å²) < 4.78 is 12.7. The lowest BCUT2D eigenvalue weighted by molar-refractivity contribution is 0.627. The largest absolute Gasteiger partial charge is 0.399 e. The number of nitrogen functional groups attached to an aromatic ring is 1. The molecule has 0 unspecified atom stereocenters. The maximum atomic E-state index is 12.7. The minimum absolute atomic E-state index is 0.192. The quantitative estimate of drug-likeness (QED) is 0.782. The third-order valence-electron chi connectivity index (χ3n) is 2.65. The highest BCUT2D eigenvalue weighted by atomic mass is 19.1. The van der Waals surface area contributed by atoms with Gasteiger partial charge in [0.2, 0.25) is 0 Å². The zero-order chi connectivity index (χ0) is 11.4. The molecule has 0 aliphatic carbocycles. The standard InChI is InChI=1S/C14H14FN/c15-13-9-6-11(7-10-13)5-8-12-3-1-2-4-14(12)16/h1-4,6-7,9-10H,5,8,16H2. The third-order valence-corrected chi connectivity index (χ3v) is 2.65. The fourth-order valence-corrected chi connectivity index (χ4v) is 1.69. The predicted molar refractivity (Wildman–Crippen MR) is 64.7 cm³/mol. The van der Waals surface area contributed by atoms with Crippen LogP contribution in [0.3, 0.4) is 0 Å². The number of halogens is 1. The zero-order valence-electron chi connectivity index (χ0n) is 8.99.